The van der Waals surface area contributed by atoms with Crippen LogP contribution in [-0.4, -0.2) is 52.4 Å². The molecule has 1 fully saturated rings. The van der Waals surface area contributed by atoms with Crippen molar-refractivity contribution in [3.05, 3.63) is 47.6 Å². The first kappa shape index (κ1) is 24.8. The predicted octanol–water partition coefficient (Wildman–Crippen LogP) is 4.22. The predicted molar refractivity (Wildman–Crippen MR) is 132 cm³/mol. The number of alkyl halides is 2. The number of hydrogen-bond acceptors (Lipinski definition) is 6. The maximum Gasteiger partial charge on any atom is 0.253 e. The van der Waals surface area contributed by atoms with Gasteiger partial charge < -0.3 is 20.1 Å². The molecule has 2 amide bonds. The second-order valence-corrected chi connectivity index (χ2v) is 10.3. The van der Waals surface area contributed by atoms with Crippen LogP contribution in [0.25, 0.3) is 11.4 Å². The maximum atomic E-state index is 13.0. The van der Waals surface area contributed by atoms with Crippen LogP contribution in [0.3, 0.4) is 0 Å². The summed E-state index contributed by atoms with van der Waals surface area (Å²) in [4.78, 5) is 35.5. The van der Waals surface area contributed by atoms with E-state index in [1.165, 1.54) is 11.3 Å². The molecule has 4 heterocycles. The minimum Gasteiger partial charge on any atom is -0.356 e. The molecular weight excluding hydrogens is 474 g/mol. The molecule has 0 saturated carbocycles. The summed E-state index contributed by atoms with van der Waals surface area (Å²) in [5.74, 6) is -0.737. The fourth-order valence-electron chi connectivity index (χ4n) is 3.77. The van der Waals surface area contributed by atoms with E-state index in [1.54, 1.807) is 29.8 Å². The number of anilines is 2. The van der Waals surface area contributed by atoms with Crippen LogP contribution in [0, 0.1) is 5.92 Å². The van der Waals surface area contributed by atoms with Crippen molar-refractivity contribution < 1.29 is 18.4 Å². The quantitative estimate of drug-likeness (QED) is 0.505. The molecule has 1 aliphatic heterocycles. The lowest BCUT2D eigenvalue weighted by Crippen LogP contribution is -2.32. The molecule has 35 heavy (non-hydrogen) atoms. The molecule has 1 aliphatic rings. The Hall–Kier alpha value is -3.34. The standard InChI is InChI=1S/C24H28F2N6O2S/c1-24(2,3)32-10-8-16(13-32)22(34)27-11-20(33)30-23-29-18(14-35-23)17-5-4-6-19(28-17)31-9-7-15(12-31)21(25)26/h4-6,8,10,13-15,21H,7,9,11-12H2,1-3H3,(H,27,34)(H,29,30,33). The molecule has 0 aromatic carbocycles. The van der Waals surface area contributed by atoms with E-state index in [2.05, 4.69) is 20.6 Å². The first-order valence-corrected chi connectivity index (χ1v) is 12.2. The molecule has 0 bridgehead atoms. The number of aromatic nitrogens is 3. The molecule has 1 atom stereocenters. The van der Waals surface area contributed by atoms with Gasteiger partial charge in [-0.1, -0.05) is 6.07 Å². The topological polar surface area (TPSA) is 92.2 Å². The minimum absolute atomic E-state index is 0.143. The van der Waals surface area contributed by atoms with Crippen molar-refractivity contribution in [1.29, 1.82) is 0 Å². The summed E-state index contributed by atoms with van der Waals surface area (Å²) in [5.41, 5.74) is 1.50. The van der Waals surface area contributed by atoms with E-state index in [0.717, 1.165) is 0 Å². The van der Waals surface area contributed by atoms with E-state index in [4.69, 9.17) is 0 Å². The van der Waals surface area contributed by atoms with Crippen molar-refractivity contribution in [3.63, 3.8) is 0 Å². The molecule has 186 valence electrons. The minimum atomic E-state index is -2.33. The van der Waals surface area contributed by atoms with Crippen LogP contribution in [0.4, 0.5) is 19.7 Å². The molecule has 3 aromatic heterocycles. The van der Waals surface area contributed by atoms with Crippen LogP contribution in [0.5, 0.6) is 0 Å². The fraction of sp³-hybridized carbons (Fsp3) is 0.417. The summed E-state index contributed by atoms with van der Waals surface area (Å²) in [5, 5.41) is 7.44. The summed E-state index contributed by atoms with van der Waals surface area (Å²) < 4.78 is 27.9. The van der Waals surface area contributed by atoms with Gasteiger partial charge in [-0.2, -0.15) is 0 Å². The molecule has 1 unspecified atom stereocenters. The molecule has 8 nitrogen and oxygen atoms in total. The lowest BCUT2D eigenvalue weighted by atomic mass is 10.1. The smallest absolute Gasteiger partial charge is 0.253 e. The van der Waals surface area contributed by atoms with Crippen LogP contribution in [-0.2, 0) is 10.3 Å². The lowest BCUT2D eigenvalue weighted by molar-refractivity contribution is -0.115. The third-order valence-electron chi connectivity index (χ3n) is 5.79. The van der Waals surface area contributed by atoms with Gasteiger partial charge in [0.2, 0.25) is 12.3 Å². The summed E-state index contributed by atoms with van der Waals surface area (Å²) in [6, 6.07) is 7.11. The number of pyridine rings is 1. The monoisotopic (exact) mass is 502 g/mol. The zero-order valence-electron chi connectivity index (χ0n) is 19.8. The summed E-state index contributed by atoms with van der Waals surface area (Å²) in [6.45, 7) is 6.72. The third kappa shape index (κ3) is 6.02. The Labute approximate surface area is 206 Å². The molecule has 0 aliphatic carbocycles. The van der Waals surface area contributed by atoms with Crippen molar-refractivity contribution >= 4 is 34.1 Å². The Bertz CT molecular complexity index is 1200. The Balaban J connectivity index is 1.32. The average molecular weight is 503 g/mol. The Kier molecular flexibility index (Phi) is 7.15. The number of rotatable bonds is 7. The van der Waals surface area contributed by atoms with E-state index in [0.29, 0.717) is 40.9 Å². The first-order chi connectivity index (χ1) is 16.6. The lowest BCUT2D eigenvalue weighted by Gasteiger charge is -2.20. The van der Waals surface area contributed by atoms with Crippen molar-refractivity contribution in [2.75, 3.05) is 29.9 Å². The van der Waals surface area contributed by atoms with Crippen molar-refractivity contribution in [2.45, 2.75) is 39.2 Å². The van der Waals surface area contributed by atoms with Gasteiger partial charge in [-0.15, -0.1) is 11.3 Å². The molecule has 3 aromatic rings. The van der Waals surface area contributed by atoms with Gasteiger partial charge in [-0.3, -0.25) is 9.59 Å². The van der Waals surface area contributed by atoms with Gasteiger partial charge in [0, 0.05) is 42.3 Å². The highest BCUT2D eigenvalue weighted by molar-refractivity contribution is 7.14. The number of thiazole rings is 1. The number of hydrogen-bond donors (Lipinski definition) is 2. The number of carbonyl (C=O) groups is 2. The van der Waals surface area contributed by atoms with E-state index in [1.807, 2.05) is 42.5 Å². The zero-order chi connectivity index (χ0) is 25.2. The van der Waals surface area contributed by atoms with Gasteiger partial charge in [0.1, 0.15) is 11.5 Å². The van der Waals surface area contributed by atoms with Gasteiger partial charge in [0.25, 0.3) is 5.91 Å². The summed E-state index contributed by atoms with van der Waals surface area (Å²) in [7, 11) is 0. The molecule has 11 heteroatoms. The maximum absolute atomic E-state index is 13.0. The SMILES string of the molecule is CC(C)(C)n1ccc(C(=O)NCC(=O)Nc2nc(-c3cccc(N4CCC(C(F)F)C4)n3)cs2)c1. The van der Waals surface area contributed by atoms with Gasteiger partial charge >= 0.3 is 0 Å². The van der Waals surface area contributed by atoms with Crippen LogP contribution in [0.2, 0.25) is 0 Å². The highest BCUT2D eigenvalue weighted by atomic mass is 32.1. The first-order valence-electron chi connectivity index (χ1n) is 11.3. The Morgan fingerprint density at radius 3 is 2.69 bits per heavy atom. The van der Waals surface area contributed by atoms with E-state index in [9.17, 15) is 18.4 Å². The number of nitrogens with zero attached hydrogens (tertiary/aromatic N) is 4. The number of nitrogens with one attached hydrogen (secondary N) is 2. The highest BCUT2D eigenvalue weighted by Crippen LogP contribution is 2.29. The van der Waals surface area contributed by atoms with Crippen LogP contribution >= 0.6 is 11.3 Å². The molecule has 0 radical (unpaired) electrons. The number of halogens is 2. The molecule has 2 N–H and O–H groups in total. The second-order valence-electron chi connectivity index (χ2n) is 9.46. The molecule has 4 rings (SSSR count). The van der Waals surface area contributed by atoms with Gasteiger partial charge in [-0.25, -0.2) is 18.7 Å². The van der Waals surface area contributed by atoms with E-state index >= 15 is 0 Å². The largest absolute Gasteiger partial charge is 0.356 e. The normalized spacial score (nSPS) is 16.1. The van der Waals surface area contributed by atoms with Crippen molar-refractivity contribution in [2.24, 2.45) is 5.92 Å². The average Bonchev–Trinajstić information content (AvgIpc) is 3.58. The van der Waals surface area contributed by atoms with Crippen molar-refractivity contribution in [3.8, 4) is 11.4 Å². The van der Waals surface area contributed by atoms with Crippen LogP contribution in [0.1, 0.15) is 37.6 Å². The van der Waals surface area contributed by atoms with E-state index < -0.39 is 18.3 Å². The molecule has 1 saturated heterocycles. The number of carbonyl (C=O) groups excluding carboxylic acids is 2. The van der Waals surface area contributed by atoms with Crippen LogP contribution < -0.4 is 15.5 Å². The van der Waals surface area contributed by atoms with Crippen LogP contribution in [0.15, 0.2) is 42.0 Å². The highest BCUT2D eigenvalue weighted by Gasteiger charge is 2.30. The Morgan fingerprint density at radius 2 is 2.00 bits per heavy atom. The zero-order valence-corrected chi connectivity index (χ0v) is 20.6. The van der Waals surface area contributed by atoms with E-state index in [-0.39, 0.29) is 24.5 Å². The Morgan fingerprint density at radius 1 is 1.20 bits per heavy atom. The number of amides is 2. The van der Waals surface area contributed by atoms with Gasteiger partial charge in [0.05, 0.1) is 17.8 Å². The third-order valence-corrected chi connectivity index (χ3v) is 6.55. The van der Waals surface area contributed by atoms with Gasteiger partial charge in [-0.05, 0) is 45.4 Å². The summed E-state index contributed by atoms with van der Waals surface area (Å²) >= 11 is 1.24. The molecular formula is C24H28F2N6O2S. The second kappa shape index (κ2) is 10.1. The van der Waals surface area contributed by atoms with Crippen molar-refractivity contribution in [1.82, 2.24) is 19.9 Å². The fourth-order valence-corrected chi connectivity index (χ4v) is 4.49. The van der Waals surface area contributed by atoms with Gasteiger partial charge in [0.15, 0.2) is 5.13 Å². The molecule has 0 spiro atoms. The summed E-state index contributed by atoms with van der Waals surface area (Å²) in [6.07, 6.45) is 1.69.